The van der Waals surface area contributed by atoms with Crippen LogP contribution in [0.2, 0.25) is 0 Å². The van der Waals surface area contributed by atoms with Gasteiger partial charge in [-0.1, -0.05) is 42.5 Å². The van der Waals surface area contributed by atoms with Crippen LogP contribution in [0.4, 0.5) is 17.6 Å². The van der Waals surface area contributed by atoms with Gasteiger partial charge in [0.15, 0.2) is 11.7 Å². The number of ether oxygens (including phenoxy) is 1. The summed E-state index contributed by atoms with van der Waals surface area (Å²) < 4.78 is 60.1. The first-order chi connectivity index (χ1) is 13.2. The normalized spacial score (nSPS) is 14.4. The molecule has 2 atom stereocenters. The molecule has 0 saturated heterocycles. The molecule has 0 aromatic heterocycles. The van der Waals surface area contributed by atoms with Crippen molar-refractivity contribution in [2.45, 2.75) is 18.1 Å². The first-order valence-corrected chi connectivity index (χ1v) is 8.04. The first-order valence-electron chi connectivity index (χ1n) is 8.04. The largest absolute Gasteiger partial charge is 0.463 e. The van der Waals surface area contributed by atoms with Crippen LogP contribution in [0.25, 0.3) is 4.85 Å². The van der Waals surface area contributed by atoms with Crippen LogP contribution in [-0.2, 0) is 15.1 Å². The summed E-state index contributed by atoms with van der Waals surface area (Å²) in [4.78, 5) is 27.8. The molecule has 146 valence electrons. The van der Waals surface area contributed by atoms with E-state index in [0.29, 0.717) is 6.07 Å². The molecule has 2 aromatic rings. The van der Waals surface area contributed by atoms with Crippen molar-refractivity contribution in [1.29, 1.82) is 0 Å². The molecular formula is C20H15F4NO3. The molecule has 4 nitrogen and oxygen atoms in total. The topological polar surface area (TPSA) is 47.7 Å². The highest BCUT2D eigenvalue weighted by atomic mass is 19.4. The molecule has 0 spiro atoms. The Morgan fingerprint density at radius 3 is 2.25 bits per heavy atom. The highest BCUT2D eigenvalue weighted by Gasteiger charge is 2.66. The Morgan fingerprint density at radius 2 is 1.75 bits per heavy atom. The fourth-order valence-electron chi connectivity index (χ4n) is 2.96. The van der Waals surface area contributed by atoms with Gasteiger partial charge >= 0.3 is 17.7 Å². The third-order valence-corrected chi connectivity index (χ3v) is 4.32. The van der Waals surface area contributed by atoms with E-state index in [9.17, 15) is 27.2 Å². The number of benzene rings is 2. The second-order valence-electron chi connectivity index (χ2n) is 5.97. The maximum atomic E-state index is 14.0. The Hall–Kier alpha value is -3.21. The Balaban J connectivity index is 2.65. The van der Waals surface area contributed by atoms with Crippen LogP contribution in [0.1, 0.15) is 22.3 Å². The van der Waals surface area contributed by atoms with Gasteiger partial charge in [-0.3, -0.25) is 9.64 Å². The summed E-state index contributed by atoms with van der Waals surface area (Å²) in [7, 11) is 0.827. The van der Waals surface area contributed by atoms with Gasteiger partial charge in [-0.2, -0.15) is 13.2 Å². The molecule has 0 aliphatic heterocycles. The fraction of sp³-hybridized carbons (Fsp3) is 0.250. The van der Waals surface area contributed by atoms with Crippen LogP contribution in [0.15, 0.2) is 54.6 Å². The van der Waals surface area contributed by atoms with Gasteiger partial charge in [0, 0.05) is 12.0 Å². The number of halogens is 4. The Bertz CT molecular complexity index is 906. The third kappa shape index (κ3) is 4.03. The van der Waals surface area contributed by atoms with Gasteiger partial charge in [-0.15, -0.1) is 0 Å². The quantitative estimate of drug-likeness (QED) is 0.313. The molecule has 0 N–H and O–H groups in total. The molecule has 0 fully saturated rings. The van der Waals surface area contributed by atoms with Gasteiger partial charge < -0.3 is 4.74 Å². The van der Waals surface area contributed by atoms with Crippen molar-refractivity contribution in [3.8, 4) is 0 Å². The lowest BCUT2D eigenvalue weighted by Crippen LogP contribution is -2.48. The van der Waals surface area contributed by atoms with E-state index < -0.39 is 47.2 Å². The van der Waals surface area contributed by atoms with Crippen molar-refractivity contribution < 1.29 is 31.9 Å². The summed E-state index contributed by atoms with van der Waals surface area (Å²) in [5.74, 6) is -6.09. The lowest BCUT2D eigenvalue weighted by Gasteiger charge is -2.29. The molecule has 8 heteroatoms. The molecule has 0 saturated carbocycles. The number of ketones is 1. The zero-order chi connectivity index (χ0) is 20.9. The molecule has 0 amide bonds. The second-order valence-corrected chi connectivity index (χ2v) is 5.97. The van der Waals surface area contributed by atoms with E-state index in [1.54, 1.807) is 6.07 Å². The SMILES string of the molecule is [C-]#[N+][C@@](C(=O)OC)(c1cccc(F)c1)[C@H](CC(=O)c1ccccc1)C(F)(F)F. The number of carbonyl (C=O) groups is 2. The maximum absolute atomic E-state index is 14.0. The van der Waals surface area contributed by atoms with E-state index in [1.165, 1.54) is 24.3 Å². The smallest absolute Gasteiger partial charge is 0.401 e. The van der Waals surface area contributed by atoms with Gasteiger partial charge in [-0.05, 0) is 12.1 Å². The lowest BCUT2D eigenvalue weighted by molar-refractivity contribution is -0.197. The summed E-state index contributed by atoms with van der Waals surface area (Å²) in [6, 6.07) is 10.9. The molecular weight excluding hydrogens is 378 g/mol. The van der Waals surface area contributed by atoms with Crippen LogP contribution in [0, 0.1) is 18.3 Å². The number of Topliss-reactive ketones (excluding diaryl/α,β-unsaturated/α-hetero) is 1. The molecule has 2 rings (SSSR count). The lowest BCUT2D eigenvalue weighted by atomic mass is 9.75. The number of hydrogen-bond donors (Lipinski definition) is 0. The molecule has 0 unspecified atom stereocenters. The van der Waals surface area contributed by atoms with Crippen LogP contribution < -0.4 is 0 Å². The summed E-state index contributed by atoms with van der Waals surface area (Å²) in [6.45, 7) is 7.40. The van der Waals surface area contributed by atoms with E-state index in [2.05, 4.69) is 9.58 Å². The van der Waals surface area contributed by atoms with Crippen molar-refractivity contribution in [3.63, 3.8) is 0 Å². The second kappa shape index (κ2) is 8.21. The third-order valence-electron chi connectivity index (χ3n) is 4.32. The Morgan fingerprint density at radius 1 is 1.11 bits per heavy atom. The molecule has 0 heterocycles. The molecule has 28 heavy (non-hydrogen) atoms. The van der Waals surface area contributed by atoms with Crippen molar-refractivity contribution >= 4 is 11.8 Å². The molecule has 0 aliphatic rings. The summed E-state index contributed by atoms with van der Waals surface area (Å²) in [5.41, 5.74) is -3.49. The van der Waals surface area contributed by atoms with Gasteiger partial charge in [0.25, 0.3) is 0 Å². The minimum Gasteiger partial charge on any atom is -0.463 e. The van der Waals surface area contributed by atoms with Crippen molar-refractivity contribution in [3.05, 3.63) is 83.0 Å². The van der Waals surface area contributed by atoms with Crippen LogP contribution in [-0.4, -0.2) is 25.0 Å². The fourth-order valence-corrected chi connectivity index (χ4v) is 2.96. The van der Waals surface area contributed by atoms with Gasteiger partial charge in [0.2, 0.25) is 0 Å². The average molecular weight is 393 g/mol. The summed E-state index contributed by atoms with van der Waals surface area (Å²) in [5, 5.41) is 0. The average Bonchev–Trinajstić information content (AvgIpc) is 2.67. The molecule has 0 bridgehead atoms. The van der Waals surface area contributed by atoms with Crippen molar-refractivity contribution in [2.75, 3.05) is 7.11 Å². The van der Waals surface area contributed by atoms with Crippen molar-refractivity contribution in [1.82, 2.24) is 0 Å². The maximum Gasteiger partial charge on any atom is 0.401 e. The highest BCUT2D eigenvalue weighted by Crippen LogP contribution is 2.47. The number of alkyl halides is 3. The molecule has 0 radical (unpaired) electrons. The number of esters is 1. The van der Waals surface area contributed by atoms with Gasteiger partial charge in [0.05, 0.1) is 12.7 Å². The van der Waals surface area contributed by atoms with Crippen LogP contribution >= 0.6 is 0 Å². The zero-order valence-corrected chi connectivity index (χ0v) is 14.7. The van der Waals surface area contributed by atoms with Gasteiger partial charge in [0.1, 0.15) is 5.82 Å². The Labute approximate surface area is 158 Å². The highest BCUT2D eigenvalue weighted by molar-refractivity contribution is 5.97. The predicted molar refractivity (Wildman–Crippen MR) is 91.6 cm³/mol. The first kappa shape index (κ1) is 21.1. The van der Waals surface area contributed by atoms with E-state index >= 15 is 0 Å². The number of rotatable bonds is 6. The van der Waals surface area contributed by atoms with Crippen molar-refractivity contribution in [2.24, 2.45) is 5.92 Å². The van der Waals surface area contributed by atoms with E-state index in [0.717, 1.165) is 25.3 Å². The zero-order valence-electron chi connectivity index (χ0n) is 14.7. The minimum atomic E-state index is -5.12. The van der Waals surface area contributed by atoms with Crippen LogP contribution in [0.3, 0.4) is 0 Å². The molecule has 2 aromatic carbocycles. The van der Waals surface area contributed by atoms with Gasteiger partial charge in [-0.25, -0.2) is 15.8 Å². The monoisotopic (exact) mass is 393 g/mol. The van der Waals surface area contributed by atoms with E-state index in [1.807, 2.05) is 0 Å². The predicted octanol–water partition coefficient (Wildman–Crippen LogP) is 4.56. The van der Waals surface area contributed by atoms with E-state index in [4.69, 9.17) is 6.57 Å². The standard InChI is InChI=1S/C20H15F4NO3/c1-25-19(18(27)28-2,14-9-6-10-15(21)11-14)17(20(22,23)24)12-16(26)13-7-4-3-5-8-13/h3-11,17H,12H2,2H3/t17-,19-/m0/s1. The minimum absolute atomic E-state index is 0.000242. The molecule has 0 aliphatic carbocycles. The summed E-state index contributed by atoms with van der Waals surface area (Å²) >= 11 is 0. The van der Waals surface area contributed by atoms with Crippen LogP contribution in [0.5, 0.6) is 0 Å². The number of carbonyl (C=O) groups excluding carboxylic acids is 2. The van der Waals surface area contributed by atoms with E-state index in [-0.39, 0.29) is 5.56 Å². The number of methoxy groups -OCH3 is 1. The number of nitrogens with zero attached hydrogens (tertiary/aromatic N) is 1. The summed E-state index contributed by atoms with van der Waals surface area (Å²) in [6.07, 6.45) is -6.29. The Kier molecular flexibility index (Phi) is 6.19. The number of hydrogen-bond acceptors (Lipinski definition) is 3.